The van der Waals surface area contributed by atoms with Crippen LogP contribution in [0.2, 0.25) is 0 Å². The fourth-order valence-electron chi connectivity index (χ4n) is 2.13. The second-order valence-electron chi connectivity index (χ2n) is 5.36. The van der Waals surface area contributed by atoms with Gasteiger partial charge in [0.2, 0.25) is 5.91 Å². The molecule has 7 nitrogen and oxygen atoms in total. The van der Waals surface area contributed by atoms with E-state index in [9.17, 15) is 9.36 Å². The lowest BCUT2D eigenvalue weighted by atomic mass is 10.1. The van der Waals surface area contributed by atoms with Gasteiger partial charge in [0.1, 0.15) is 0 Å². The van der Waals surface area contributed by atoms with Crippen molar-refractivity contribution in [1.82, 2.24) is 10.3 Å². The van der Waals surface area contributed by atoms with Gasteiger partial charge in [-0.25, -0.2) is 4.57 Å². The summed E-state index contributed by atoms with van der Waals surface area (Å²) in [5, 5.41) is 2.75. The van der Waals surface area contributed by atoms with Gasteiger partial charge in [-0.1, -0.05) is 38.7 Å². The molecular weight excluding hydrogens is 319 g/mol. The summed E-state index contributed by atoms with van der Waals surface area (Å²) in [5.74, 6) is -0.162. The first-order valence-electron chi connectivity index (χ1n) is 7.81. The Morgan fingerprint density at radius 1 is 1.35 bits per heavy atom. The minimum Gasteiger partial charge on any atom is -0.347 e. The molecule has 0 aliphatic carbocycles. The second-order valence-corrected chi connectivity index (χ2v) is 6.60. The topological polar surface area (TPSA) is 109 Å². The van der Waals surface area contributed by atoms with Crippen molar-refractivity contribution in [3.8, 4) is 0 Å². The lowest BCUT2D eigenvalue weighted by Crippen LogP contribution is -2.31. The van der Waals surface area contributed by atoms with Crippen LogP contribution < -0.4 is 5.32 Å². The third kappa shape index (κ3) is 9.46. The first kappa shape index (κ1) is 19.8. The Morgan fingerprint density at radius 3 is 2.70 bits per heavy atom. The van der Waals surface area contributed by atoms with Crippen LogP contribution in [0.1, 0.15) is 57.1 Å². The van der Waals surface area contributed by atoms with Gasteiger partial charge in [-0.15, -0.1) is 0 Å². The lowest BCUT2D eigenvalue weighted by molar-refractivity contribution is -0.122. The third-order valence-electron chi connectivity index (χ3n) is 3.34. The van der Waals surface area contributed by atoms with Gasteiger partial charge in [-0.05, 0) is 18.1 Å². The van der Waals surface area contributed by atoms with Crippen molar-refractivity contribution in [2.45, 2.75) is 51.5 Å². The summed E-state index contributed by atoms with van der Waals surface area (Å²) in [7, 11) is -4.59. The van der Waals surface area contributed by atoms with Gasteiger partial charge >= 0.3 is 7.82 Å². The number of phosphoric ester groups is 1. The van der Waals surface area contributed by atoms with Gasteiger partial charge in [0, 0.05) is 18.8 Å². The minimum absolute atomic E-state index is 0.162. The Labute approximate surface area is 136 Å². The van der Waals surface area contributed by atoms with E-state index in [1.165, 1.54) is 6.20 Å². The number of amides is 1. The molecule has 0 aromatic carbocycles. The van der Waals surface area contributed by atoms with Crippen LogP contribution in [0.3, 0.4) is 0 Å². The van der Waals surface area contributed by atoms with E-state index in [1.807, 2.05) is 0 Å². The normalized spacial score (nSPS) is 12.8. The number of aromatic nitrogens is 1. The predicted molar refractivity (Wildman–Crippen MR) is 86.5 cm³/mol. The van der Waals surface area contributed by atoms with Gasteiger partial charge in [-0.2, -0.15) is 0 Å². The van der Waals surface area contributed by atoms with Gasteiger partial charge in [-0.3, -0.25) is 14.3 Å². The van der Waals surface area contributed by atoms with E-state index in [1.54, 1.807) is 18.3 Å². The van der Waals surface area contributed by atoms with E-state index in [-0.39, 0.29) is 12.5 Å². The zero-order chi connectivity index (χ0) is 17.1. The molecule has 8 heteroatoms. The van der Waals surface area contributed by atoms with Crippen molar-refractivity contribution in [2.24, 2.45) is 0 Å². The van der Waals surface area contributed by atoms with E-state index in [4.69, 9.17) is 9.79 Å². The Balaban J connectivity index is 2.52. The fourth-order valence-corrected chi connectivity index (χ4v) is 2.47. The number of carbonyl (C=O) groups is 1. The molecule has 1 heterocycles. The molecule has 0 aliphatic heterocycles. The SMILES string of the molecule is CCCCCCCC(=O)NC(COP(=O)(O)O)c1cccnc1. The molecule has 1 amide bonds. The van der Waals surface area contributed by atoms with E-state index in [0.29, 0.717) is 12.0 Å². The molecule has 0 spiro atoms. The summed E-state index contributed by atoms with van der Waals surface area (Å²) in [5.41, 5.74) is 0.639. The number of phosphoric acid groups is 1. The summed E-state index contributed by atoms with van der Waals surface area (Å²) in [6.07, 6.45) is 8.72. The molecule has 130 valence electrons. The summed E-state index contributed by atoms with van der Waals surface area (Å²) in [6, 6.07) is 2.78. The number of rotatable bonds is 11. The number of carbonyl (C=O) groups excluding carboxylic acids is 1. The number of nitrogens with zero attached hydrogens (tertiary/aromatic N) is 1. The molecule has 0 saturated heterocycles. The highest BCUT2D eigenvalue weighted by Crippen LogP contribution is 2.37. The molecule has 0 aliphatic rings. The van der Waals surface area contributed by atoms with Crippen molar-refractivity contribution in [1.29, 1.82) is 0 Å². The lowest BCUT2D eigenvalue weighted by Gasteiger charge is -2.19. The summed E-state index contributed by atoms with van der Waals surface area (Å²) < 4.78 is 15.4. The van der Waals surface area contributed by atoms with Crippen LogP contribution >= 0.6 is 7.82 Å². The number of hydrogen-bond acceptors (Lipinski definition) is 4. The van der Waals surface area contributed by atoms with Gasteiger partial charge < -0.3 is 15.1 Å². The standard InChI is InChI=1S/C15H25N2O5P/c1-2-3-4-5-6-9-15(18)17-14(12-22-23(19,20)21)13-8-7-10-16-11-13/h7-8,10-11,14H,2-6,9,12H2,1H3,(H,17,18)(H2,19,20,21). The molecular formula is C15H25N2O5P. The molecule has 1 aromatic heterocycles. The van der Waals surface area contributed by atoms with Crippen LogP contribution in [0.25, 0.3) is 0 Å². The van der Waals surface area contributed by atoms with Crippen LogP contribution in [0.4, 0.5) is 0 Å². The number of unbranched alkanes of at least 4 members (excludes halogenated alkanes) is 4. The first-order valence-corrected chi connectivity index (χ1v) is 9.34. The fraction of sp³-hybridized carbons (Fsp3) is 0.600. The molecule has 1 aromatic rings. The molecule has 0 radical (unpaired) electrons. The van der Waals surface area contributed by atoms with E-state index >= 15 is 0 Å². The molecule has 0 bridgehead atoms. The Morgan fingerprint density at radius 2 is 2.09 bits per heavy atom. The Hall–Kier alpha value is -1.27. The highest BCUT2D eigenvalue weighted by Gasteiger charge is 2.21. The van der Waals surface area contributed by atoms with Crippen molar-refractivity contribution < 1.29 is 23.7 Å². The Kier molecular flexibility index (Phi) is 9.02. The number of nitrogens with one attached hydrogen (secondary N) is 1. The zero-order valence-electron chi connectivity index (χ0n) is 13.4. The molecule has 0 saturated carbocycles. The van der Waals surface area contributed by atoms with Crippen molar-refractivity contribution in [3.63, 3.8) is 0 Å². The second kappa shape index (κ2) is 10.5. The highest BCUT2D eigenvalue weighted by atomic mass is 31.2. The van der Waals surface area contributed by atoms with Gasteiger partial charge in [0.25, 0.3) is 0 Å². The number of hydrogen-bond donors (Lipinski definition) is 3. The van der Waals surface area contributed by atoms with Gasteiger partial charge in [0.05, 0.1) is 12.6 Å². The van der Waals surface area contributed by atoms with Crippen LogP contribution in [-0.4, -0.2) is 27.3 Å². The monoisotopic (exact) mass is 344 g/mol. The maximum Gasteiger partial charge on any atom is 0.469 e. The molecule has 1 rings (SSSR count). The van der Waals surface area contributed by atoms with Crippen molar-refractivity contribution in [3.05, 3.63) is 30.1 Å². The van der Waals surface area contributed by atoms with Gasteiger partial charge in [0.15, 0.2) is 0 Å². The summed E-state index contributed by atoms with van der Waals surface area (Å²) in [4.78, 5) is 33.6. The molecule has 23 heavy (non-hydrogen) atoms. The predicted octanol–water partition coefficient (Wildman–Crippen LogP) is 2.71. The van der Waals surface area contributed by atoms with Crippen LogP contribution in [-0.2, 0) is 13.9 Å². The summed E-state index contributed by atoms with van der Waals surface area (Å²) >= 11 is 0. The molecule has 1 unspecified atom stereocenters. The van der Waals surface area contributed by atoms with Crippen LogP contribution in [0, 0.1) is 0 Å². The maximum absolute atomic E-state index is 12.0. The van der Waals surface area contributed by atoms with Crippen molar-refractivity contribution >= 4 is 13.7 Å². The average molecular weight is 344 g/mol. The first-order chi connectivity index (χ1) is 10.9. The summed E-state index contributed by atoms with van der Waals surface area (Å²) in [6.45, 7) is 1.82. The molecule has 3 N–H and O–H groups in total. The van der Waals surface area contributed by atoms with Crippen molar-refractivity contribution in [2.75, 3.05) is 6.61 Å². The highest BCUT2D eigenvalue weighted by molar-refractivity contribution is 7.46. The third-order valence-corrected chi connectivity index (χ3v) is 3.82. The minimum atomic E-state index is -4.59. The zero-order valence-corrected chi connectivity index (χ0v) is 14.2. The van der Waals surface area contributed by atoms with Crippen LogP contribution in [0.5, 0.6) is 0 Å². The molecule has 1 atom stereocenters. The average Bonchev–Trinajstić information content (AvgIpc) is 2.51. The van der Waals surface area contributed by atoms with E-state index in [2.05, 4.69) is 21.7 Å². The largest absolute Gasteiger partial charge is 0.469 e. The smallest absolute Gasteiger partial charge is 0.347 e. The maximum atomic E-state index is 12.0. The molecule has 0 fully saturated rings. The number of pyridine rings is 1. The van der Waals surface area contributed by atoms with E-state index < -0.39 is 13.9 Å². The van der Waals surface area contributed by atoms with Crippen LogP contribution in [0.15, 0.2) is 24.5 Å². The Bertz CT molecular complexity index is 506. The van der Waals surface area contributed by atoms with E-state index in [0.717, 1.165) is 32.1 Å². The quantitative estimate of drug-likeness (QED) is 0.421.